The van der Waals surface area contributed by atoms with Crippen LogP contribution in [0.15, 0.2) is 53.9 Å². The van der Waals surface area contributed by atoms with E-state index in [1.54, 1.807) is 36.7 Å². The molecule has 0 aliphatic carbocycles. The van der Waals surface area contributed by atoms with Gasteiger partial charge in [0.05, 0.1) is 16.9 Å². The van der Waals surface area contributed by atoms with Gasteiger partial charge in [-0.05, 0) is 43.3 Å². The SMILES string of the molecule is C[C@H](Sc1nnc(-c2ccncc2)n1C)C(=O)Nc1ccc(C#N)cc1. The molecule has 8 heteroatoms. The van der Waals surface area contributed by atoms with E-state index in [1.165, 1.54) is 11.8 Å². The van der Waals surface area contributed by atoms with Gasteiger partial charge in [0.2, 0.25) is 5.91 Å². The highest BCUT2D eigenvalue weighted by Crippen LogP contribution is 2.26. The zero-order valence-corrected chi connectivity index (χ0v) is 15.1. The van der Waals surface area contributed by atoms with E-state index in [1.807, 2.05) is 36.7 Å². The summed E-state index contributed by atoms with van der Waals surface area (Å²) in [5, 5.41) is 20.3. The maximum atomic E-state index is 12.4. The number of carbonyl (C=O) groups is 1. The highest BCUT2D eigenvalue weighted by Gasteiger charge is 2.19. The Bertz CT molecular complexity index is 946. The molecule has 0 saturated carbocycles. The van der Waals surface area contributed by atoms with Gasteiger partial charge in [-0.1, -0.05) is 11.8 Å². The maximum Gasteiger partial charge on any atom is 0.237 e. The molecule has 3 aromatic rings. The van der Waals surface area contributed by atoms with Crippen LogP contribution >= 0.6 is 11.8 Å². The number of rotatable bonds is 5. The molecule has 1 atom stereocenters. The number of hydrogen-bond acceptors (Lipinski definition) is 6. The first-order chi connectivity index (χ1) is 12.6. The average molecular weight is 364 g/mol. The van der Waals surface area contributed by atoms with Crippen LogP contribution < -0.4 is 5.32 Å². The summed E-state index contributed by atoms with van der Waals surface area (Å²) in [7, 11) is 1.86. The molecule has 1 N–H and O–H groups in total. The summed E-state index contributed by atoms with van der Waals surface area (Å²) in [6.07, 6.45) is 3.40. The summed E-state index contributed by atoms with van der Waals surface area (Å²) in [5.74, 6) is 0.572. The number of hydrogen-bond donors (Lipinski definition) is 1. The van der Waals surface area contributed by atoms with Gasteiger partial charge < -0.3 is 9.88 Å². The second kappa shape index (κ2) is 7.80. The van der Waals surface area contributed by atoms with Crippen molar-refractivity contribution in [3.05, 3.63) is 54.4 Å². The lowest BCUT2D eigenvalue weighted by molar-refractivity contribution is -0.115. The average Bonchev–Trinajstić information content (AvgIpc) is 3.03. The molecule has 0 bridgehead atoms. The third-order valence-corrected chi connectivity index (χ3v) is 4.84. The lowest BCUT2D eigenvalue weighted by atomic mass is 10.2. The monoisotopic (exact) mass is 364 g/mol. The van der Waals surface area contributed by atoms with E-state index < -0.39 is 0 Å². The Balaban J connectivity index is 1.67. The van der Waals surface area contributed by atoms with Crippen LogP contribution in [-0.4, -0.2) is 30.9 Å². The lowest BCUT2D eigenvalue weighted by Crippen LogP contribution is -2.22. The highest BCUT2D eigenvalue weighted by molar-refractivity contribution is 8.00. The van der Waals surface area contributed by atoms with E-state index in [0.29, 0.717) is 16.4 Å². The van der Waals surface area contributed by atoms with Gasteiger partial charge in [-0.25, -0.2) is 0 Å². The fourth-order valence-electron chi connectivity index (χ4n) is 2.25. The van der Waals surface area contributed by atoms with Gasteiger partial charge in [-0.2, -0.15) is 5.26 Å². The summed E-state index contributed by atoms with van der Waals surface area (Å²) in [6.45, 7) is 1.81. The number of nitrogens with zero attached hydrogens (tertiary/aromatic N) is 5. The lowest BCUT2D eigenvalue weighted by Gasteiger charge is -2.11. The van der Waals surface area contributed by atoms with Gasteiger partial charge in [-0.15, -0.1) is 10.2 Å². The minimum Gasteiger partial charge on any atom is -0.325 e. The van der Waals surface area contributed by atoms with Crippen LogP contribution in [0, 0.1) is 11.3 Å². The molecule has 1 amide bonds. The molecule has 26 heavy (non-hydrogen) atoms. The van der Waals surface area contributed by atoms with Gasteiger partial charge >= 0.3 is 0 Å². The smallest absolute Gasteiger partial charge is 0.237 e. The molecule has 0 saturated heterocycles. The van der Waals surface area contributed by atoms with Gasteiger partial charge in [-0.3, -0.25) is 9.78 Å². The van der Waals surface area contributed by atoms with E-state index in [2.05, 4.69) is 20.5 Å². The summed E-state index contributed by atoms with van der Waals surface area (Å²) in [5.41, 5.74) is 2.11. The molecular weight excluding hydrogens is 348 g/mol. The van der Waals surface area contributed by atoms with Crippen molar-refractivity contribution in [2.24, 2.45) is 7.05 Å². The quantitative estimate of drug-likeness (QED) is 0.699. The number of pyridine rings is 1. The minimum absolute atomic E-state index is 0.145. The second-order valence-electron chi connectivity index (χ2n) is 5.54. The van der Waals surface area contributed by atoms with Gasteiger partial charge in [0.25, 0.3) is 0 Å². The van der Waals surface area contributed by atoms with E-state index in [-0.39, 0.29) is 11.2 Å². The Morgan fingerprint density at radius 1 is 1.19 bits per heavy atom. The summed E-state index contributed by atoms with van der Waals surface area (Å²) < 4.78 is 1.85. The van der Waals surface area contributed by atoms with Gasteiger partial charge in [0.1, 0.15) is 0 Å². The molecule has 2 aromatic heterocycles. The van der Waals surface area contributed by atoms with Crippen LogP contribution in [0.2, 0.25) is 0 Å². The van der Waals surface area contributed by atoms with Crippen molar-refractivity contribution in [2.75, 3.05) is 5.32 Å². The van der Waals surface area contributed by atoms with Crippen LogP contribution in [0.4, 0.5) is 5.69 Å². The number of aromatic nitrogens is 4. The second-order valence-corrected chi connectivity index (χ2v) is 6.85. The Morgan fingerprint density at radius 3 is 2.54 bits per heavy atom. The molecule has 0 aliphatic heterocycles. The standard InChI is InChI=1S/C18H16N6OS/c1-12(17(25)21-15-5-3-13(11-19)4-6-15)26-18-23-22-16(24(18)2)14-7-9-20-10-8-14/h3-10,12H,1-2H3,(H,21,25)/t12-/m0/s1. The molecule has 0 unspecified atom stereocenters. The number of carbonyl (C=O) groups excluding carboxylic acids is 1. The third kappa shape index (κ3) is 3.90. The molecule has 3 rings (SSSR count). The van der Waals surface area contributed by atoms with Gasteiger partial charge in [0, 0.05) is 30.7 Å². The van der Waals surface area contributed by atoms with Crippen molar-refractivity contribution in [1.82, 2.24) is 19.7 Å². The van der Waals surface area contributed by atoms with Crippen LogP contribution in [-0.2, 0) is 11.8 Å². The predicted octanol–water partition coefficient (Wildman–Crippen LogP) is 2.87. The van der Waals surface area contributed by atoms with E-state index in [0.717, 1.165) is 11.4 Å². The molecular formula is C18H16N6OS. The van der Waals surface area contributed by atoms with E-state index in [9.17, 15) is 4.79 Å². The molecule has 2 heterocycles. The van der Waals surface area contributed by atoms with Crippen molar-refractivity contribution in [3.8, 4) is 17.5 Å². The fourth-order valence-corrected chi connectivity index (χ4v) is 3.07. The number of nitrogens with one attached hydrogen (secondary N) is 1. The van der Waals surface area contributed by atoms with Crippen LogP contribution in [0.25, 0.3) is 11.4 Å². The predicted molar refractivity (Wildman–Crippen MR) is 99.3 cm³/mol. The van der Waals surface area contributed by atoms with Crippen molar-refractivity contribution in [3.63, 3.8) is 0 Å². The molecule has 1 aromatic carbocycles. The summed E-state index contributed by atoms with van der Waals surface area (Å²) in [4.78, 5) is 16.4. The number of nitriles is 1. The first kappa shape index (κ1) is 17.6. The number of amides is 1. The minimum atomic E-state index is -0.362. The fraction of sp³-hybridized carbons (Fsp3) is 0.167. The molecule has 0 spiro atoms. The van der Waals surface area contributed by atoms with E-state index >= 15 is 0 Å². The zero-order chi connectivity index (χ0) is 18.5. The molecule has 0 aliphatic rings. The first-order valence-electron chi connectivity index (χ1n) is 7.86. The Kier molecular flexibility index (Phi) is 5.29. The van der Waals surface area contributed by atoms with Crippen LogP contribution in [0.1, 0.15) is 12.5 Å². The van der Waals surface area contributed by atoms with Gasteiger partial charge in [0.15, 0.2) is 11.0 Å². The van der Waals surface area contributed by atoms with Crippen molar-refractivity contribution in [1.29, 1.82) is 5.26 Å². The number of thioether (sulfide) groups is 1. The van der Waals surface area contributed by atoms with Crippen LogP contribution in [0.5, 0.6) is 0 Å². The third-order valence-electron chi connectivity index (χ3n) is 3.71. The molecule has 0 radical (unpaired) electrons. The van der Waals surface area contributed by atoms with Crippen molar-refractivity contribution < 1.29 is 4.79 Å². The highest BCUT2D eigenvalue weighted by atomic mass is 32.2. The molecule has 7 nitrogen and oxygen atoms in total. The van der Waals surface area contributed by atoms with Crippen LogP contribution in [0.3, 0.4) is 0 Å². The van der Waals surface area contributed by atoms with Crippen molar-refractivity contribution >= 4 is 23.4 Å². The summed E-state index contributed by atoms with van der Waals surface area (Å²) >= 11 is 1.33. The van der Waals surface area contributed by atoms with Crippen molar-refractivity contribution in [2.45, 2.75) is 17.3 Å². The molecule has 130 valence electrons. The van der Waals surface area contributed by atoms with E-state index in [4.69, 9.17) is 5.26 Å². The Morgan fingerprint density at radius 2 is 1.88 bits per heavy atom. The summed E-state index contributed by atoms with van der Waals surface area (Å²) in [6, 6.07) is 12.5. The zero-order valence-electron chi connectivity index (χ0n) is 14.2. The molecule has 0 fully saturated rings. The first-order valence-corrected chi connectivity index (χ1v) is 8.74. The Hall–Kier alpha value is -3.18. The maximum absolute atomic E-state index is 12.4. The normalized spacial score (nSPS) is 11.6. The number of anilines is 1. The largest absolute Gasteiger partial charge is 0.325 e. The Labute approximate surface area is 155 Å². The topological polar surface area (TPSA) is 96.5 Å². The number of benzene rings is 1.